The van der Waals surface area contributed by atoms with E-state index in [9.17, 15) is 0 Å². The minimum absolute atomic E-state index is 0.532. The fraction of sp³-hybridized carbons (Fsp3) is 1.00. The zero-order valence-corrected chi connectivity index (χ0v) is 14.1. The van der Waals surface area contributed by atoms with E-state index in [0.29, 0.717) is 10.8 Å². The molecule has 0 heterocycles. The molecular formula is C18H38. The van der Waals surface area contributed by atoms with Crippen molar-refractivity contribution in [2.45, 2.75) is 106 Å². The van der Waals surface area contributed by atoms with Crippen LogP contribution in [0.15, 0.2) is 0 Å². The molecule has 0 aromatic heterocycles. The first-order valence-corrected chi connectivity index (χ1v) is 8.27. The highest BCUT2D eigenvalue weighted by Gasteiger charge is 2.15. The predicted octanol–water partition coefficient (Wildman–Crippen LogP) is 6.98. The Bertz CT molecular complexity index is 183. The molecule has 0 saturated heterocycles. The van der Waals surface area contributed by atoms with Gasteiger partial charge >= 0.3 is 0 Å². The Morgan fingerprint density at radius 2 is 1.00 bits per heavy atom. The molecule has 0 spiro atoms. The lowest BCUT2D eigenvalue weighted by Gasteiger charge is -2.23. The first-order valence-electron chi connectivity index (χ1n) is 8.27. The Kier molecular flexibility index (Phi) is 8.99. The summed E-state index contributed by atoms with van der Waals surface area (Å²) in [6.45, 7) is 14.2. The van der Waals surface area contributed by atoms with Crippen LogP contribution < -0.4 is 0 Å². The number of hydrogen-bond donors (Lipinski definition) is 0. The van der Waals surface area contributed by atoms with Crippen molar-refractivity contribution in [1.29, 1.82) is 0 Å². The van der Waals surface area contributed by atoms with Crippen LogP contribution in [0.1, 0.15) is 106 Å². The molecule has 0 unspecified atom stereocenters. The van der Waals surface area contributed by atoms with Gasteiger partial charge in [0.15, 0.2) is 0 Å². The van der Waals surface area contributed by atoms with Crippen molar-refractivity contribution < 1.29 is 0 Å². The van der Waals surface area contributed by atoms with Crippen molar-refractivity contribution in [2.75, 3.05) is 0 Å². The van der Waals surface area contributed by atoms with E-state index in [4.69, 9.17) is 0 Å². The van der Waals surface area contributed by atoms with Gasteiger partial charge in [-0.3, -0.25) is 0 Å². The molecule has 0 nitrogen and oxygen atoms in total. The average Bonchev–Trinajstić information content (AvgIpc) is 2.20. The topological polar surface area (TPSA) is 0 Å². The average molecular weight is 255 g/mol. The molecule has 110 valence electrons. The molecule has 0 aromatic carbocycles. The Morgan fingerprint density at radius 1 is 0.556 bits per heavy atom. The second-order valence-electron chi connectivity index (χ2n) is 8.10. The van der Waals surface area contributed by atoms with Gasteiger partial charge in [0.1, 0.15) is 0 Å². The fourth-order valence-electron chi connectivity index (χ4n) is 2.77. The second-order valence-corrected chi connectivity index (χ2v) is 8.10. The maximum Gasteiger partial charge on any atom is -0.0354 e. The molecule has 0 aromatic rings. The van der Waals surface area contributed by atoms with E-state index < -0.39 is 0 Å². The zero-order chi connectivity index (χ0) is 14.1. The smallest absolute Gasteiger partial charge is 0.0354 e. The molecule has 0 heteroatoms. The van der Waals surface area contributed by atoms with Gasteiger partial charge in [-0.25, -0.2) is 0 Å². The van der Waals surface area contributed by atoms with Crippen molar-refractivity contribution in [3.8, 4) is 0 Å². The van der Waals surface area contributed by atoms with E-state index in [1.165, 1.54) is 64.2 Å². The molecule has 0 saturated carbocycles. The van der Waals surface area contributed by atoms with Crippen molar-refractivity contribution in [3.63, 3.8) is 0 Å². The first kappa shape index (κ1) is 18.0. The lowest BCUT2D eigenvalue weighted by Crippen LogP contribution is -2.10. The highest BCUT2D eigenvalue weighted by molar-refractivity contribution is 4.67. The minimum Gasteiger partial charge on any atom is -0.0654 e. The maximum absolute atomic E-state index is 2.43. The molecule has 0 amide bonds. The van der Waals surface area contributed by atoms with E-state index in [0.717, 1.165) is 0 Å². The van der Waals surface area contributed by atoms with Crippen LogP contribution in [0.25, 0.3) is 0 Å². The van der Waals surface area contributed by atoms with Crippen LogP contribution in [0, 0.1) is 10.8 Å². The third-order valence-electron chi connectivity index (χ3n) is 3.96. The van der Waals surface area contributed by atoms with Crippen LogP contribution in [-0.2, 0) is 0 Å². The van der Waals surface area contributed by atoms with Gasteiger partial charge in [0.2, 0.25) is 0 Å². The van der Waals surface area contributed by atoms with Crippen LogP contribution in [0.5, 0.6) is 0 Å². The van der Waals surface area contributed by atoms with Crippen molar-refractivity contribution in [2.24, 2.45) is 10.8 Å². The summed E-state index contributed by atoms with van der Waals surface area (Å²) in [5, 5.41) is 0. The van der Waals surface area contributed by atoms with E-state index in [2.05, 4.69) is 41.5 Å². The van der Waals surface area contributed by atoms with E-state index >= 15 is 0 Å². The fourth-order valence-corrected chi connectivity index (χ4v) is 2.77. The first-order chi connectivity index (χ1) is 8.27. The van der Waals surface area contributed by atoms with E-state index in [1.54, 1.807) is 0 Å². The summed E-state index contributed by atoms with van der Waals surface area (Å²) in [5.41, 5.74) is 1.12. The molecule has 0 aliphatic heterocycles. The molecule has 0 N–H and O–H groups in total. The summed E-state index contributed by atoms with van der Waals surface area (Å²) in [7, 11) is 0. The monoisotopic (exact) mass is 254 g/mol. The molecular weight excluding hydrogens is 216 g/mol. The van der Waals surface area contributed by atoms with E-state index in [-0.39, 0.29) is 0 Å². The Labute approximate surface area is 117 Å². The van der Waals surface area contributed by atoms with E-state index in [1.807, 2.05) is 0 Å². The Hall–Kier alpha value is 0. The summed E-state index contributed by atoms with van der Waals surface area (Å²) in [6, 6.07) is 0. The SMILES string of the molecule is CCCC(C)(C)CCCCCCCCC(C)(C)C. The molecule has 0 aliphatic carbocycles. The summed E-state index contributed by atoms with van der Waals surface area (Å²) >= 11 is 0. The summed E-state index contributed by atoms with van der Waals surface area (Å²) in [4.78, 5) is 0. The van der Waals surface area contributed by atoms with Crippen LogP contribution in [0.4, 0.5) is 0 Å². The standard InChI is InChI=1S/C18H38/c1-7-14-18(5,6)16-13-11-9-8-10-12-15-17(2,3)4/h7-16H2,1-6H3. The van der Waals surface area contributed by atoms with Crippen LogP contribution in [0.3, 0.4) is 0 Å². The van der Waals surface area contributed by atoms with Crippen molar-refractivity contribution >= 4 is 0 Å². The zero-order valence-electron chi connectivity index (χ0n) is 14.1. The summed E-state index contributed by atoms with van der Waals surface area (Å²) in [5.74, 6) is 0. The van der Waals surface area contributed by atoms with Gasteiger partial charge in [0.25, 0.3) is 0 Å². The van der Waals surface area contributed by atoms with Gasteiger partial charge in [-0.1, -0.05) is 86.5 Å². The minimum atomic E-state index is 0.532. The van der Waals surface area contributed by atoms with Gasteiger partial charge in [-0.15, -0.1) is 0 Å². The maximum atomic E-state index is 2.43. The number of rotatable bonds is 10. The van der Waals surface area contributed by atoms with Gasteiger partial charge in [-0.2, -0.15) is 0 Å². The number of unbranched alkanes of at least 4 members (excludes halogenated alkanes) is 5. The molecule has 0 atom stereocenters. The second kappa shape index (κ2) is 8.99. The highest BCUT2D eigenvalue weighted by Crippen LogP contribution is 2.29. The van der Waals surface area contributed by atoms with Gasteiger partial charge < -0.3 is 0 Å². The van der Waals surface area contributed by atoms with Crippen LogP contribution in [-0.4, -0.2) is 0 Å². The number of hydrogen-bond acceptors (Lipinski definition) is 0. The molecule has 0 aliphatic rings. The van der Waals surface area contributed by atoms with Crippen molar-refractivity contribution in [3.05, 3.63) is 0 Å². The Balaban J connectivity index is 3.31. The lowest BCUT2D eigenvalue weighted by atomic mass is 9.82. The molecule has 0 radical (unpaired) electrons. The van der Waals surface area contributed by atoms with Crippen molar-refractivity contribution in [1.82, 2.24) is 0 Å². The van der Waals surface area contributed by atoms with Gasteiger partial charge in [0, 0.05) is 0 Å². The third-order valence-corrected chi connectivity index (χ3v) is 3.96. The van der Waals surface area contributed by atoms with Gasteiger partial charge in [-0.05, 0) is 30.1 Å². The quantitative estimate of drug-likeness (QED) is 0.369. The summed E-state index contributed by atoms with van der Waals surface area (Å²) < 4.78 is 0. The highest BCUT2D eigenvalue weighted by atomic mass is 14.2. The molecule has 18 heavy (non-hydrogen) atoms. The molecule has 0 rings (SSSR count). The normalized spacial score (nSPS) is 13.0. The molecule has 0 fully saturated rings. The van der Waals surface area contributed by atoms with Crippen LogP contribution in [0.2, 0.25) is 0 Å². The third kappa shape index (κ3) is 12.5. The lowest BCUT2D eigenvalue weighted by molar-refractivity contribution is 0.290. The Morgan fingerprint density at radius 3 is 1.44 bits per heavy atom. The largest absolute Gasteiger partial charge is 0.0654 e. The van der Waals surface area contributed by atoms with Crippen LogP contribution >= 0.6 is 0 Å². The molecule has 0 bridgehead atoms. The summed E-state index contributed by atoms with van der Waals surface area (Å²) in [6.07, 6.45) is 14.2. The predicted molar refractivity (Wildman–Crippen MR) is 85.1 cm³/mol. The van der Waals surface area contributed by atoms with Gasteiger partial charge in [0.05, 0.1) is 0 Å².